The molecule has 0 bridgehead atoms. The molecule has 0 saturated heterocycles. The van der Waals surface area contributed by atoms with Crippen LogP contribution in [0.5, 0.6) is 0 Å². The molecule has 0 aliphatic rings. The first-order valence-corrected chi connectivity index (χ1v) is 11.2. The Labute approximate surface area is 245 Å². The summed E-state index contributed by atoms with van der Waals surface area (Å²) in [5, 5.41) is 0. The number of hydrogen-bond donors (Lipinski definition) is 0. The molecule has 0 N–H and O–H groups in total. The summed E-state index contributed by atoms with van der Waals surface area (Å²) < 4.78 is 24.6. The van der Waals surface area contributed by atoms with E-state index in [0.29, 0.717) is 6.42 Å². The standard InChI is InChI=1S/C23H25O8P.2Na/c1-3-5-7-9-10-11-12-14-15-17-22(24)29-19-21(20-30-32(26,27)28)31-23(25)18-16-13-8-6-4-2;;/h21H,4,6,8,13,16,18-20H2,1-2H3,(H2,26,27,28);;/q;2*+1/p-2/t21-;;/m0../s1. The van der Waals surface area contributed by atoms with Crippen molar-refractivity contribution in [2.75, 3.05) is 13.2 Å². The Morgan fingerprint density at radius 2 is 1.41 bits per heavy atom. The van der Waals surface area contributed by atoms with Crippen molar-refractivity contribution in [1.29, 1.82) is 0 Å². The van der Waals surface area contributed by atoms with Gasteiger partial charge < -0.3 is 28.3 Å². The Kier molecular flexibility index (Phi) is 27.5. The molecule has 0 fully saturated rings. The fourth-order valence-electron chi connectivity index (χ4n) is 1.95. The topological polar surface area (TPSA) is 125 Å². The van der Waals surface area contributed by atoms with Gasteiger partial charge in [-0.25, -0.2) is 4.79 Å². The van der Waals surface area contributed by atoms with E-state index in [1.54, 1.807) is 6.92 Å². The van der Waals surface area contributed by atoms with Gasteiger partial charge in [-0.15, -0.1) is 0 Å². The Hall–Kier alpha value is -1.15. The number of ether oxygens (including phenoxy) is 2. The molecule has 0 aromatic carbocycles. The van der Waals surface area contributed by atoms with Crippen LogP contribution in [0.2, 0.25) is 0 Å². The first-order chi connectivity index (χ1) is 15.3. The van der Waals surface area contributed by atoms with Crippen molar-refractivity contribution in [2.24, 2.45) is 0 Å². The van der Waals surface area contributed by atoms with Gasteiger partial charge in [-0.2, -0.15) is 0 Å². The summed E-state index contributed by atoms with van der Waals surface area (Å²) in [6, 6.07) is 0. The molecule has 0 spiro atoms. The minimum atomic E-state index is -5.29. The van der Waals surface area contributed by atoms with Crippen molar-refractivity contribution in [3.8, 4) is 59.2 Å². The fraction of sp³-hybridized carbons (Fsp3) is 0.478. The van der Waals surface area contributed by atoms with Gasteiger partial charge in [0.1, 0.15) is 6.61 Å². The second-order valence-electron chi connectivity index (χ2n) is 5.99. The van der Waals surface area contributed by atoms with Crippen LogP contribution in [0.15, 0.2) is 0 Å². The largest absolute Gasteiger partial charge is 1.00 e. The smallest absolute Gasteiger partial charge is 0.790 e. The quantitative estimate of drug-likeness (QED) is 0.0645. The summed E-state index contributed by atoms with van der Waals surface area (Å²) in [7, 11) is -5.29. The van der Waals surface area contributed by atoms with E-state index in [2.05, 4.69) is 70.7 Å². The van der Waals surface area contributed by atoms with Crippen LogP contribution >= 0.6 is 7.82 Å². The van der Waals surface area contributed by atoms with E-state index in [1.807, 2.05) is 0 Å². The van der Waals surface area contributed by atoms with Crippen molar-refractivity contribution in [3.05, 3.63) is 0 Å². The van der Waals surface area contributed by atoms with Gasteiger partial charge in [-0.05, 0) is 60.7 Å². The molecule has 34 heavy (non-hydrogen) atoms. The van der Waals surface area contributed by atoms with Crippen LogP contribution in [-0.2, 0) is 28.2 Å². The maximum Gasteiger partial charge on any atom is 1.00 e. The zero-order valence-corrected chi connectivity index (χ0v) is 24.8. The number of rotatable bonds is 12. The third-order valence-electron chi connectivity index (χ3n) is 3.33. The number of esters is 2. The zero-order valence-electron chi connectivity index (χ0n) is 19.9. The van der Waals surface area contributed by atoms with E-state index in [-0.39, 0.29) is 65.5 Å². The van der Waals surface area contributed by atoms with E-state index < -0.39 is 39.1 Å². The van der Waals surface area contributed by atoms with Gasteiger partial charge in [0.05, 0.1) is 14.4 Å². The number of phosphoric acid groups is 1. The molecular formula is C23H23Na2O8P. The number of carbonyl (C=O) groups excluding carboxylic acids is 2. The third-order valence-corrected chi connectivity index (χ3v) is 3.79. The number of phosphoric ester groups is 1. The van der Waals surface area contributed by atoms with E-state index in [0.717, 1.165) is 25.7 Å². The second-order valence-corrected chi connectivity index (χ2v) is 7.15. The molecule has 1 atom stereocenters. The summed E-state index contributed by atoms with van der Waals surface area (Å²) in [5.41, 5.74) is 0. The summed E-state index contributed by atoms with van der Waals surface area (Å²) in [6.45, 7) is 2.38. The maximum absolute atomic E-state index is 11.9. The maximum atomic E-state index is 11.9. The third kappa shape index (κ3) is 27.1. The van der Waals surface area contributed by atoms with Gasteiger partial charge in [-0.1, -0.05) is 38.5 Å². The van der Waals surface area contributed by atoms with Crippen molar-refractivity contribution < 1.29 is 97.1 Å². The van der Waals surface area contributed by atoms with E-state index in [1.165, 1.54) is 0 Å². The molecule has 11 heteroatoms. The molecule has 0 rings (SSSR count). The van der Waals surface area contributed by atoms with Crippen molar-refractivity contribution in [1.82, 2.24) is 0 Å². The predicted octanol–water partition coefficient (Wildman–Crippen LogP) is -5.31. The molecule has 0 saturated carbocycles. The van der Waals surface area contributed by atoms with Crippen LogP contribution in [0, 0.1) is 59.2 Å². The van der Waals surface area contributed by atoms with E-state index in [4.69, 9.17) is 9.47 Å². The van der Waals surface area contributed by atoms with Crippen molar-refractivity contribution in [2.45, 2.75) is 58.5 Å². The molecule has 0 radical (unpaired) electrons. The first kappa shape index (κ1) is 37.4. The van der Waals surface area contributed by atoms with Crippen LogP contribution < -0.4 is 68.9 Å². The van der Waals surface area contributed by atoms with Crippen LogP contribution in [-0.4, -0.2) is 31.3 Å². The van der Waals surface area contributed by atoms with Gasteiger partial charge >= 0.3 is 71.1 Å². The van der Waals surface area contributed by atoms with Crippen LogP contribution in [0.25, 0.3) is 0 Å². The van der Waals surface area contributed by atoms with Crippen LogP contribution in [0.1, 0.15) is 52.4 Å². The molecule has 0 aliphatic carbocycles. The summed E-state index contributed by atoms with van der Waals surface area (Å²) >= 11 is 0. The Morgan fingerprint density at radius 1 is 0.853 bits per heavy atom. The summed E-state index contributed by atoms with van der Waals surface area (Å²) in [4.78, 5) is 44.9. The van der Waals surface area contributed by atoms with Gasteiger partial charge in [0.15, 0.2) is 6.10 Å². The number of hydrogen-bond acceptors (Lipinski definition) is 8. The Balaban J connectivity index is -0.00000480. The monoisotopic (exact) mass is 504 g/mol. The molecule has 8 nitrogen and oxygen atoms in total. The van der Waals surface area contributed by atoms with Crippen molar-refractivity contribution in [3.63, 3.8) is 0 Å². The SMILES string of the molecule is CC#CC#CC#CC#CC#CC(=O)OC[C@@H](COP(=O)([O-])[O-])OC(=O)CCCCCCC.[Na+].[Na+]. The molecule has 0 amide bonds. The predicted molar refractivity (Wildman–Crippen MR) is 112 cm³/mol. The second kappa shape index (κ2) is 25.0. The minimum absolute atomic E-state index is 0. The van der Waals surface area contributed by atoms with E-state index >= 15 is 0 Å². The summed E-state index contributed by atoms with van der Waals surface area (Å²) in [5.74, 6) is 22.0. The molecule has 0 unspecified atom stereocenters. The molecule has 0 heterocycles. The fourth-order valence-corrected chi connectivity index (χ4v) is 2.29. The Morgan fingerprint density at radius 3 is 1.97 bits per heavy atom. The van der Waals surface area contributed by atoms with Crippen molar-refractivity contribution >= 4 is 19.8 Å². The van der Waals surface area contributed by atoms with Crippen LogP contribution in [0.3, 0.4) is 0 Å². The normalized spacial score (nSPS) is 9.41. The Bertz CT molecular complexity index is 979. The average molecular weight is 504 g/mol. The zero-order chi connectivity index (χ0) is 24.1. The molecular weight excluding hydrogens is 481 g/mol. The summed E-state index contributed by atoms with van der Waals surface area (Å²) in [6.07, 6.45) is 3.37. The van der Waals surface area contributed by atoms with Gasteiger partial charge in [0.2, 0.25) is 0 Å². The molecule has 170 valence electrons. The number of unbranched alkanes of at least 4 members (excludes halogenated alkanes) is 4. The van der Waals surface area contributed by atoms with Gasteiger partial charge in [0, 0.05) is 12.3 Å². The van der Waals surface area contributed by atoms with E-state index in [9.17, 15) is 23.9 Å². The molecule has 0 aromatic heterocycles. The van der Waals surface area contributed by atoms with Crippen LogP contribution in [0.4, 0.5) is 0 Å². The van der Waals surface area contributed by atoms with Gasteiger partial charge in [-0.3, -0.25) is 4.79 Å². The first-order valence-electron chi connectivity index (χ1n) is 9.74. The van der Waals surface area contributed by atoms with Gasteiger partial charge in [0.25, 0.3) is 0 Å². The average Bonchev–Trinajstić information content (AvgIpc) is 2.73. The number of carbonyl (C=O) groups is 2. The molecule has 0 aliphatic heterocycles. The molecule has 0 aromatic rings. The minimum Gasteiger partial charge on any atom is -0.790 e.